The second kappa shape index (κ2) is 19.1. The van der Waals surface area contributed by atoms with Crippen molar-refractivity contribution >= 4 is 60.1 Å². The first-order chi connectivity index (χ1) is 33.5. The van der Waals surface area contributed by atoms with Crippen LogP contribution in [0.1, 0.15) is 80.0 Å². The van der Waals surface area contributed by atoms with Gasteiger partial charge in [-0.05, 0) is 80.3 Å². The number of halogens is 11. The molecular weight excluding hydrogens is 1050 g/mol. The topological polar surface area (TPSA) is 201 Å². The van der Waals surface area contributed by atoms with Gasteiger partial charge in [-0.25, -0.2) is 34.9 Å². The minimum atomic E-state index is -5.22. The first-order valence-electron chi connectivity index (χ1n) is 21.7. The summed E-state index contributed by atoms with van der Waals surface area (Å²) in [7, 11) is -8.53. The summed E-state index contributed by atoms with van der Waals surface area (Å²) in [5.41, 5.74) is 0.158. The highest BCUT2D eigenvalue weighted by Crippen LogP contribution is 2.68. The summed E-state index contributed by atoms with van der Waals surface area (Å²) < 4.78 is 203. The quantitative estimate of drug-likeness (QED) is 0.0454. The van der Waals surface area contributed by atoms with Crippen LogP contribution in [0.4, 0.5) is 49.7 Å². The van der Waals surface area contributed by atoms with Crippen LogP contribution in [0.15, 0.2) is 42.5 Å². The summed E-state index contributed by atoms with van der Waals surface area (Å²) in [5.74, 6) is -7.41. The molecule has 0 aliphatic heterocycles. The number of sulfonamides is 1. The molecule has 0 radical (unpaired) electrons. The van der Waals surface area contributed by atoms with E-state index >= 15 is 8.78 Å². The number of aromatic nitrogens is 5. The molecule has 28 heteroatoms. The highest BCUT2D eigenvalue weighted by Gasteiger charge is 2.68. The van der Waals surface area contributed by atoms with Crippen LogP contribution in [-0.4, -0.2) is 89.5 Å². The molecule has 4 atom stereocenters. The molecule has 2 aliphatic rings. The van der Waals surface area contributed by atoms with Gasteiger partial charge in [-0.15, -0.1) is 0 Å². The van der Waals surface area contributed by atoms with Crippen molar-refractivity contribution < 1.29 is 75.1 Å². The van der Waals surface area contributed by atoms with Crippen LogP contribution >= 0.6 is 11.6 Å². The predicted octanol–water partition coefficient (Wildman–Crippen LogP) is 7.54. The van der Waals surface area contributed by atoms with Gasteiger partial charge in [0.2, 0.25) is 15.9 Å². The number of sulfone groups is 1. The van der Waals surface area contributed by atoms with E-state index in [2.05, 4.69) is 32.3 Å². The summed E-state index contributed by atoms with van der Waals surface area (Å²) >= 11 is 6.66. The SMILES string of the molecule is CC(C)[C@H](N)C(=O)OCN(c1nn(CC(F)(F)F)c2c(-c3ccc(C#CC(C)(C)S(C)(=O)=O)nc3[C@H](Cc3cc(F)cc(F)c3)NC(=O)Cn3nc(C(F)(F)F)c4c3C(F)(F)[C@@H]3C[C@H]43)ccc(Cl)c12)S(C)(=O)=O. The van der Waals surface area contributed by atoms with Gasteiger partial charge in [-0.2, -0.15) is 45.3 Å². The van der Waals surface area contributed by atoms with Crippen molar-refractivity contribution in [3.8, 4) is 23.0 Å². The Kier molecular flexibility index (Phi) is 14.3. The standard InChI is InChI=1S/C45H43ClF10N8O7S2/c1-21(2)35(57)41(66)71-20-64(73(6,69)70)40-34-30(46)10-9-27(37(34)63(61-40)19-43(49,50)51)26-8-7-25(11-12-42(3,4)72(5,67)68)58-36(26)31(15-22-13-23(47)16-24(48)14-22)59-32(65)18-62-39-33(38(60-62)45(54,55)56)28-17-29(28)44(39,52)53/h7-10,13-14,16,21,28-29,31,35H,15,17-20,57H2,1-6H3,(H,59,65)/t28-,29+,31-,35-/m0/s1. The molecular formula is C45H43ClF10N8O7S2. The van der Waals surface area contributed by atoms with Crippen molar-refractivity contribution in [3.05, 3.63) is 93.0 Å². The second-order valence-electron chi connectivity index (χ2n) is 18.5. The largest absolute Gasteiger partial charge is 0.442 e. The number of benzene rings is 2. The number of hydrogen-bond donors (Lipinski definition) is 2. The Bertz CT molecular complexity index is 3330. The number of amides is 1. The molecule has 0 unspecified atom stereocenters. The number of ether oxygens (including phenoxy) is 1. The molecule has 7 rings (SSSR count). The molecule has 2 aliphatic carbocycles. The number of fused-ring (bicyclic) bond motifs is 4. The maximum atomic E-state index is 15.6. The molecule has 1 fully saturated rings. The Morgan fingerprint density at radius 1 is 0.973 bits per heavy atom. The summed E-state index contributed by atoms with van der Waals surface area (Å²) in [6.45, 7) is 1.19. The molecule has 0 saturated heterocycles. The average molecular weight is 1100 g/mol. The molecule has 0 spiro atoms. The van der Waals surface area contributed by atoms with Crippen LogP contribution in [0.3, 0.4) is 0 Å². The Morgan fingerprint density at radius 2 is 1.60 bits per heavy atom. The maximum absolute atomic E-state index is 15.6. The Labute approximate surface area is 415 Å². The summed E-state index contributed by atoms with van der Waals surface area (Å²) in [4.78, 5) is 31.5. The van der Waals surface area contributed by atoms with Crippen LogP contribution in [0.25, 0.3) is 22.0 Å². The lowest BCUT2D eigenvalue weighted by Gasteiger charge is -2.23. The maximum Gasteiger partial charge on any atom is 0.435 e. The number of esters is 1. The molecule has 73 heavy (non-hydrogen) atoms. The molecule has 0 bridgehead atoms. The van der Waals surface area contributed by atoms with Crippen molar-refractivity contribution in [2.45, 2.75) is 94.6 Å². The Balaban J connectivity index is 1.47. The van der Waals surface area contributed by atoms with Crippen molar-refractivity contribution in [1.29, 1.82) is 0 Å². The Hall–Kier alpha value is -5.98. The average Bonchev–Trinajstić information content (AvgIpc) is 3.76. The van der Waals surface area contributed by atoms with E-state index in [0.717, 1.165) is 36.6 Å². The normalized spacial score (nSPS) is 17.4. The van der Waals surface area contributed by atoms with Gasteiger partial charge >= 0.3 is 18.3 Å². The molecule has 3 N–H and O–H groups in total. The van der Waals surface area contributed by atoms with E-state index in [-0.39, 0.29) is 33.5 Å². The number of nitrogens with two attached hydrogens (primary N) is 1. The second-order valence-corrected chi connectivity index (χ2v) is 23.4. The van der Waals surface area contributed by atoms with Crippen LogP contribution in [0, 0.1) is 35.3 Å². The third-order valence-electron chi connectivity index (χ3n) is 12.3. The zero-order valence-electron chi connectivity index (χ0n) is 39.1. The van der Waals surface area contributed by atoms with Crippen LogP contribution in [0.2, 0.25) is 5.02 Å². The predicted molar refractivity (Wildman–Crippen MR) is 244 cm³/mol. The lowest BCUT2D eigenvalue weighted by molar-refractivity contribution is -0.146. The van der Waals surface area contributed by atoms with Gasteiger partial charge in [0.05, 0.1) is 33.9 Å². The van der Waals surface area contributed by atoms with E-state index in [1.54, 1.807) is 13.8 Å². The van der Waals surface area contributed by atoms with E-state index in [0.29, 0.717) is 21.3 Å². The zero-order chi connectivity index (χ0) is 54.3. The molecule has 15 nitrogen and oxygen atoms in total. The minimum Gasteiger partial charge on any atom is -0.442 e. The number of alkyl halides is 8. The Morgan fingerprint density at radius 3 is 2.18 bits per heavy atom. The van der Waals surface area contributed by atoms with Gasteiger partial charge in [0.15, 0.2) is 28.1 Å². The van der Waals surface area contributed by atoms with Gasteiger partial charge in [-0.1, -0.05) is 37.4 Å². The molecule has 2 aromatic carbocycles. The van der Waals surface area contributed by atoms with E-state index in [9.17, 15) is 61.5 Å². The first-order valence-corrected chi connectivity index (χ1v) is 25.8. The van der Waals surface area contributed by atoms with Gasteiger partial charge in [0.1, 0.15) is 46.9 Å². The van der Waals surface area contributed by atoms with E-state index in [1.807, 2.05) is 0 Å². The minimum absolute atomic E-state index is 0.198. The smallest absolute Gasteiger partial charge is 0.435 e. The highest BCUT2D eigenvalue weighted by molar-refractivity contribution is 7.92. The number of anilines is 1. The number of carbonyl (C=O) groups excluding carboxylic acids is 2. The molecule has 394 valence electrons. The molecule has 3 heterocycles. The molecule has 1 amide bonds. The molecule has 1 saturated carbocycles. The number of hydrogen-bond acceptors (Lipinski definition) is 11. The van der Waals surface area contributed by atoms with Gasteiger partial charge in [0, 0.05) is 34.9 Å². The lowest BCUT2D eigenvalue weighted by Crippen LogP contribution is -2.41. The van der Waals surface area contributed by atoms with Crippen molar-refractivity contribution in [2.24, 2.45) is 17.6 Å². The van der Waals surface area contributed by atoms with Crippen LogP contribution < -0.4 is 15.4 Å². The number of nitrogens with one attached hydrogen (secondary N) is 1. The monoisotopic (exact) mass is 1100 g/mol. The van der Waals surface area contributed by atoms with Crippen molar-refractivity contribution in [1.82, 2.24) is 29.9 Å². The van der Waals surface area contributed by atoms with E-state index in [1.165, 1.54) is 19.9 Å². The highest BCUT2D eigenvalue weighted by atomic mass is 35.5. The third-order valence-corrected chi connectivity index (χ3v) is 15.6. The summed E-state index contributed by atoms with van der Waals surface area (Å²) in [5, 5.41) is 8.90. The zero-order valence-corrected chi connectivity index (χ0v) is 41.4. The number of pyridine rings is 1. The number of rotatable bonds is 15. The fraction of sp³-hybridized carbons (Fsp3) is 0.444. The van der Waals surface area contributed by atoms with Crippen molar-refractivity contribution in [3.63, 3.8) is 0 Å². The van der Waals surface area contributed by atoms with E-state index < -0.39 is 167 Å². The number of nitrogens with zero attached hydrogens (tertiary/aromatic N) is 6. The molecule has 3 aromatic heterocycles. The molecule has 5 aromatic rings. The summed E-state index contributed by atoms with van der Waals surface area (Å²) in [6.07, 6.45) is -9.79. The lowest BCUT2D eigenvalue weighted by atomic mass is 9.93. The fourth-order valence-electron chi connectivity index (χ4n) is 8.24. The first kappa shape index (κ1) is 54.8. The van der Waals surface area contributed by atoms with E-state index in [4.69, 9.17) is 22.1 Å². The van der Waals surface area contributed by atoms with Gasteiger partial charge < -0.3 is 15.8 Å². The van der Waals surface area contributed by atoms with Gasteiger partial charge in [0.25, 0.3) is 5.92 Å². The fourth-order valence-corrected chi connectivity index (χ4v) is 9.40. The van der Waals surface area contributed by atoms with Gasteiger partial charge in [-0.3, -0.25) is 19.0 Å². The number of carbonyl (C=O) groups is 2. The van der Waals surface area contributed by atoms with Crippen LogP contribution in [0.5, 0.6) is 0 Å². The summed E-state index contributed by atoms with van der Waals surface area (Å²) in [6, 6.07) is 3.64. The third kappa shape index (κ3) is 11.3. The van der Waals surface area contributed by atoms with Crippen molar-refractivity contribution in [2.75, 3.05) is 23.5 Å². The van der Waals surface area contributed by atoms with Crippen LogP contribution in [-0.2, 0) is 65.8 Å².